The van der Waals surface area contributed by atoms with Crippen LogP contribution in [0.2, 0.25) is 0 Å². The Balaban J connectivity index is 1.93. The standard InChI is InChI=1S/C19H22N4O/c1-12(2)22-18(24)11-15-10-17-16(8-9-21-19(17)23-15)13-4-6-14(20-3)7-5-13/h4-10,12,20H,11H2,1-3H3,(H,21,23)(H,22,24). The highest BCUT2D eigenvalue weighted by Crippen LogP contribution is 2.29. The number of fused-ring (bicyclic) bond motifs is 1. The maximum absolute atomic E-state index is 12.0. The molecule has 0 fully saturated rings. The number of rotatable bonds is 5. The molecular weight excluding hydrogens is 300 g/mol. The Labute approximate surface area is 141 Å². The summed E-state index contributed by atoms with van der Waals surface area (Å²) in [5.74, 6) is 0.0106. The number of aromatic nitrogens is 2. The third-order valence-electron chi connectivity index (χ3n) is 3.87. The highest BCUT2D eigenvalue weighted by molar-refractivity contribution is 5.94. The second-order valence-corrected chi connectivity index (χ2v) is 6.14. The molecule has 0 atom stereocenters. The maximum atomic E-state index is 12.0. The first-order valence-corrected chi connectivity index (χ1v) is 8.11. The normalized spacial score (nSPS) is 11.0. The van der Waals surface area contributed by atoms with Crippen LogP contribution in [0.1, 0.15) is 19.5 Å². The van der Waals surface area contributed by atoms with Crippen molar-refractivity contribution in [2.24, 2.45) is 0 Å². The van der Waals surface area contributed by atoms with Crippen molar-refractivity contribution in [3.05, 3.63) is 48.3 Å². The lowest BCUT2D eigenvalue weighted by atomic mass is 10.0. The molecule has 5 nitrogen and oxygen atoms in total. The monoisotopic (exact) mass is 322 g/mol. The molecule has 24 heavy (non-hydrogen) atoms. The summed E-state index contributed by atoms with van der Waals surface area (Å²) in [6.07, 6.45) is 2.12. The van der Waals surface area contributed by atoms with Crippen LogP contribution in [0.25, 0.3) is 22.2 Å². The van der Waals surface area contributed by atoms with Crippen LogP contribution in [0.5, 0.6) is 0 Å². The van der Waals surface area contributed by atoms with Crippen molar-refractivity contribution in [2.75, 3.05) is 12.4 Å². The average molecular weight is 322 g/mol. The minimum atomic E-state index is 0.0106. The summed E-state index contributed by atoms with van der Waals surface area (Å²) in [4.78, 5) is 19.6. The van der Waals surface area contributed by atoms with Gasteiger partial charge in [-0.3, -0.25) is 4.79 Å². The Morgan fingerprint density at radius 1 is 1.21 bits per heavy atom. The van der Waals surface area contributed by atoms with Gasteiger partial charge in [0.05, 0.1) is 6.42 Å². The van der Waals surface area contributed by atoms with Crippen molar-refractivity contribution in [3.8, 4) is 11.1 Å². The molecule has 3 N–H and O–H groups in total. The molecule has 5 heteroatoms. The van der Waals surface area contributed by atoms with Crippen LogP contribution < -0.4 is 10.6 Å². The fourth-order valence-corrected chi connectivity index (χ4v) is 2.79. The van der Waals surface area contributed by atoms with Gasteiger partial charge < -0.3 is 15.6 Å². The van der Waals surface area contributed by atoms with Crippen LogP contribution in [-0.2, 0) is 11.2 Å². The van der Waals surface area contributed by atoms with E-state index >= 15 is 0 Å². The molecule has 0 aliphatic heterocycles. The van der Waals surface area contributed by atoms with Crippen LogP contribution in [0.4, 0.5) is 5.69 Å². The number of carbonyl (C=O) groups is 1. The lowest BCUT2D eigenvalue weighted by molar-refractivity contribution is -0.120. The SMILES string of the molecule is CNc1ccc(-c2ccnc3[nH]c(CC(=O)NC(C)C)cc23)cc1. The third-order valence-corrected chi connectivity index (χ3v) is 3.87. The molecular formula is C19H22N4O. The van der Waals surface area contributed by atoms with Crippen molar-refractivity contribution < 1.29 is 4.79 Å². The zero-order valence-electron chi connectivity index (χ0n) is 14.2. The lowest BCUT2D eigenvalue weighted by Gasteiger charge is -2.06. The molecule has 1 amide bonds. The molecule has 2 heterocycles. The molecule has 1 aromatic carbocycles. The summed E-state index contributed by atoms with van der Waals surface area (Å²) < 4.78 is 0. The van der Waals surface area contributed by atoms with Gasteiger partial charge in [-0.25, -0.2) is 4.98 Å². The molecule has 0 spiro atoms. The molecule has 0 radical (unpaired) electrons. The van der Waals surface area contributed by atoms with Crippen molar-refractivity contribution in [3.63, 3.8) is 0 Å². The summed E-state index contributed by atoms with van der Waals surface area (Å²) in [5, 5.41) is 7.06. The molecule has 0 unspecified atom stereocenters. The summed E-state index contributed by atoms with van der Waals surface area (Å²) in [6, 6.07) is 12.4. The lowest BCUT2D eigenvalue weighted by Crippen LogP contribution is -2.31. The van der Waals surface area contributed by atoms with E-state index < -0.39 is 0 Å². The van der Waals surface area contributed by atoms with Crippen molar-refractivity contribution in [1.82, 2.24) is 15.3 Å². The Morgan fingerprint density at radius 2 is 1.96 bits per heavy atom. The first kappa shape index (κ1) is 16.1. The minimum Gasteiger partial charge on any atom is -0.388 e. The van der Waals surface area contributed by atoms with Crippen LogP contribution in [0, 0.1) is 0 Å². The minimum absolute atomic E-state index is 0.0106. The Morgan fingerprint density at radius 3 is 2.62 bits per heavy atom. The van der Waals surface area contributed by atoms with Gasteiger partial charge in [-0.2, -0.15) is 0 Å². The molecule has 3 rings (SSSR count). The number of aromatic amines is 1. The second kappa shape index (κ2) is 6.74. The van der Waals surface area contributed by atoms with E-state index in [0.717, 1.165) is 33.5 Å². The van der Waals surface area contributed by atoms with E-state index in [1.807, 2.05) is 45.2 Å². The number of hydrogen-bond donors (Lipinski definition) is 3. The van der Waals surface area contributed by atoms with Gasteiger partial charge in [0.2, 0.25) is 5.91 Å². The molecule has 0 bridgehead atoms. The van der Waals surface area contributed by atoms with E-state index in [4.69, 9.17) is 0 Å². The van der Waals surface area contributed by atoms with E-state index in [-0.39, 0.29) is 11.9 Å². The molecule has 0 saturated carbocycles. The largest absolute Gasteiger partial charge is 0.388 e. The molecule has 0 aliphatic rings. The van der Waals surface area contributed by atoms with Crippen molar-refractivity contribution >= 4 is 22.6 Å². The Bertz CT molecular complexity index is 849. The van der Waals surface area contributed by atoms with E-state index in [9.17, 15) is 4.79 Å². The van der Waals surface area contributed by atoms with Crippen LogP contribution in [-0.4, -0.2) is 29.0 Å². The van der Waals surface area contributed by atoms with E-state index in [0.29, 0.717) is 6.42 Å². The molecule has 0 saturated heterocycles. The number of nitrogens with one attached hydrogen (secondary N) is 3. The van der Waals surface area contributed by atoms with Gasteiger partial charge in [0.25, 0.3) is 0 Å². The summed E-state index contributed by atoms with van der Waals surface area (Å²) in [5.41, 5.74) is 4.98. The zero-order valence-corrected chi connectivity index (χ0v) is 14.2. The number of amides is 1. The molecule has 3 aromatic rings. The Kier molecular flexibility index (Phi) is 4.51. The summed E-state index contributed by atoms with van der Waals surface area (Å²) in [6.45, 7) is 3.91. The van der Waals surface area contributed by atoms with Crippen LogP contribution in [0.3, 0.4) is 0 Å². The zero-order chi connectivity index (χ0) is 17.1. The van der Waals surface area contributed by atoms with Gasteiger partial charge in [0.1, 0.15) is 5.65 Å². The number of benzene rings is 1. The fourth-order valence-electron chi connectivity index (χ4n) is 2.79. The van der Waals surface area contributed by atoms with Gasteiger partial charge in [-0.1, -0.05) is 12.1 Å². The highest BCUT2D eigenvalue weighted by Gasteiger charge is 2.11. The fraction of sp³-hybridized carbons (Fsp3) is 0.263. The van der Waals surface area contributed by atoms with Crippen LogP contribution >= 0.6 is 0 Å². The first-order valence-electron chi connectivity index (χ1n) is 8.11. The molecule has 2 aromatic heterocycles. The summed E-state index contributed by atoms with van der Waals surface area (Å²) >= 11 is 0. The van der Waals surface area contributed by atoms with Gasteiger partial charge in [-0.15, -0.1) is 0 Å². The van der Waals surface area contributed by atoms with Gasteiger partial charge in [0, 0.05) is 36.1 Å². The quantitative estimate of drug-likeness (QED) is 0.675. The van der Waals surface area contributed by atoms with E-state index in [1.165, 1.54) is 0 Å². The van der Waals surface area contributed by atoms with E-state index in [1.54, 1.807) is 6.20 Å². The smallest absolute Gasteiger partial charge is 0.226 e. The highest BCUT2D eigenvalue weighted by atomic mass is 16.1. The number of carbonyl (C=O) groups excluding carboxylic acids is 1. The molecule has 124 valence electrons. The second-order valence-electron chi connectivity index (χ2n) is 6.14. The number of nitrogens with zero attached hydrogens (tertiary/aromatic N) is 1. The number of anilines is 1. The third kappa shape index (κ3) is 3.40. The number of H-pyrrole nitrogens is 1. The molecule has 0 aliphatic carbocycles. The topological polar surface area (TPSA) is 69.8 Å². The van der Waals surface area contributed by atoms with E-state index in [2.05, 4.69) is 32.7 Å². The predicted molar refractivity (Wildman–Crippen MR) is 98.1 cm³/mol. The van der Waals surface area contributed by atoms with Gasteiger partial charge in [0.15, 0.2) is 0 Å². The van der Waals surface area contributed by atoms with Crippen LogP contribution in [0.15, 0.2) is 42.6 Å². The number of pyridine rings is 1. The predicted octanol–water partition coefficient (Wildman–Crippen LogP) is 3.34. The van der Waals surface area contributed by atoms with Crippen molar-refractivity contribution in [1.29, 1.82) is 0 Å². The van der Waals surface area contributed by atoms with Gasteiger partial charge in [-0.05, 0) is 49.2 Å². The average Bonchev–Trinajstić information content (AvgIpc) is 2.96. The van der Waals surface area contributed by atoms with Crippen molar-refractivity contribution in [2.45, 2.75) is 26.3 Å². The summed E-state index contributed by atoms with van der Waals surface area (Å²) in [7, 11) is 1.90. The maximum Gasteiger partial charge on any atom is 0.226 e. The Hall–Kier alpha value is -2.82. The number of hydrogen-bond acceptors (Lipinski definition) is 3. The first-order chi connectivity index (χ1) is 11.6. The van der Waals surface area contributed by atoms with Gasteiger partial charge >= 0.3 is 0 Å².